The number of carbonyl (C=O) groups excluding carboxylic acids is 2. The Morgan fingerprint density at radius 3 is 2.58 bits per heavy atom. The summed E-state index contributed by atoms with van der Waals surface area (Å²) < 4.78 is 4.67. The summed E-state index contributed by atoms with van der Waals surface area (Å²) in [5.74, 6) is -1.17. The Morgan fingerprint density at radius 1 is 1.27 bits per heavy atom. The number of pyridine rings is 1. The molecule has 0 radical (unpaired) electrons. The Labute approximate surface area is 173 Å². The van der Waals surface area contributed by atoms with Crippen molar-refractivity contribution in [2.45, 2.75) is 26.7 Å². The molecule has 0 saturated carbocycles. The summed E-state index contributed by atoms with van der Waals surface area (Å²) in [4.78, 5) is 28.5. The van der Waals surface area contributed by atoms with Crippen LogP contribution in [0.15, 0.2) is 30.0 Å². The Bertz CT molecular complexity index is 933. The summed E-state index contributed by atoms with van der Waals surface area (Å²) in [5.41, 5.74) is 0.427. The van der Waals surface area contributed by atoms with Gasteiger partial charge in [0.1, 0.15) is 5.76 Å². The van der Waals surface area contributed by atoms with Crippen LogP contribution in [0.3, 0.4) is 0 Å². The first-order valence-corrected chi connectivity index (χ1v) is 7.88. The van der Waals surface area contributed by atoms with Gasteiger partial charge in [-0.15, -0.1) is 0 Å². The summed E-state index contributed by atoms with van der Waals surface area (Å²) in [5, 5.41) is 23.0. The Hall–Kier alpha value is -1.89. The molecule has 6 nitrogen and oxygen atoms in total. The van der Waals surface area contributed by atoms with Gasteiger partial charge in [-0.2, -0.15) is 0 Å². The van der Waals surface area contributed by atoms with Crippen molar-refractivity contribution in [1.29, 1.82) is 0 Å². The molecule has 1 aromatic heterocycles. The van der Waals surface area contributed by atoms with E-state index in [1.165, 1.54) is 31.4 Å². The number of methoxy groups -OCH3 is 1. The van der Waals surface area contributed by atoms with Crippen LogP contribution in [0, 0.1) is 5.41 Å². The van der Waals surface area contributed by atoms with Gasteiger partial charge in [-0.1, -0.05) is 25.7 Å². The molecule has 0 unspecified atom stereocenters. The van der Waals surface area contributed by atoms with Gasteiger partial charge in [0.15, 0.2) is 5.78 Å². The van der Waals surface area contributed by atoms with E-state index in [4.69, 9.17) is 0 Å². The maximum atomic E-state index is 12.5. The second-order valence-electron chi connectivity index (χ2n) is 6.99. The SMILES string of the molecule is COC(=O)c1ccc2c([O-])cc(C3=C(O)CC(C)(C)CC3=O)nc2c1.[Na+]. The van der Waals surface area contributed by atoms with E-state index in [0.717, 1.165) is 0 Å². The molecule has 1 aliphatic carbocycles. The fraction of sp³-hybridized carbons (Fsp3) is 0.316. The summed E-state index contributed by atoms with van der Waals surface area (Å²) in [6.07, 6.45) is 0.604. The number of ketones is 1. The number of nitrogens with zero attached hydrogens (tertiary/aromatic N) is 1. The van der Waals surface area contributed by atoms with Gasteiger partial charge in [0.2, 0.25) is 0 Å². The first kappa shape index (κ1) is 20.4. The molecule has 1 heterocycles. The molecule has 0 aliphatic heterocycles. The predicted molar refractivity (Wildman–Crippen MR) is 90.1 cm³/mol. The molecule has 26 heavy (non-hydrogen) atoms. The number of ether oxygens (including phenoxy) is 1. The summed E-state index contributed by atoms with van der Waals surface area (Å²) in [6.45, 7) is 3.79. The minimum absolute atomic E-state index is 0. The Morgan fingerprint density at radius 2 is 1.96 bits per heavy atom. The van der Waals surface area contributed by atoms with Gasteiger partial charge >= 0.3 is 35.5 Å². The van der Waals surface area contributed by atoms with Crippen molar-refractivity contribution in [3.8, 4) is 5.75 Å². The van der Waals surface area contributed by atoms with E-state index in [9.17, 15) is 19.8 Å². The molecule has 0 atom stereocenters. The average molecular weight is 363 g/mol. The fourth-order valence-corrected chi connectivity index (χ4v) is 3.15. The van der Waals surface area contributed by atoms with Crippen LogP contribution in [0.5, 0.6) is 5.75 Å². The van der Waals surface area contributed by atoms with E-state index in [1.54, 1.807) is 0 Å². The molecule has 130 valence electrons. The zero-order chi connectivity index (χ0) is 18.4. The van der Waals surface area contributed by atoms with Crippen LogP contribution in [0.4, 0.5) is 0 Å². The first-order valence-electron chi connectivity index (χ1n) is 7.88. The molecule has 3 rings (SSSR count). The fourth-order valence-electron chi connectivity index (χ4n) is 3.15. The van der Waals surface area contributed by atoms with Crippen LogP contribution in [0.25, 0.3) is 16.5 Å². The van der Waals surface area contributed by atoms with Gasteiger partial charge in [-0.25, -0.2) is 9.78 Å². The van der Waals surface area contributed by atoms with E-state index < -0.39 is 5.97 Å². The number of rotatable bonds is 2. The minimum Gasteiger partial charge on any atom is -0.872 e. The zero-order valence-corrected chi connectivity index (χ0v) is 17.3. The molecule has 0 bridgehead atoms. The number of carbonyl (C=O) groups is 2. The molecule has 0 fully saturated rings. The average Bonchev–Trinajstić information content (AvgIpc) is 2.51. The van der Waals surface area contributed by atoms with Gasteiger partial charge in [-0.3, -0.25) is 4.79 Å². The van der Waals surface area contributed by atoms with E-state index in [-0.39, 0.29) is 81.0 Å². The van der Waals surface area contributed by atoms with Crippen LogP contribution >= 0.6 is 0 Å². The van der Waals surface area contributed by atoms with E-state index >= 15 is 0 Å². The van der Waals surface area contributed by atoms with Crippen molar-refractivity contribution in [2.24, 2.45) is 5.41 Å². The van der Waals surface area contributed by atoms with E-state index in [0.29, 0.717) is 11.8 Å². The molecule has 1 aromatic carbocycles. The van der Waals surface area contributed by atoms with Crippen LogP contribution in [0.2, 0.25) is 0 Å². The minimum atomic E-state index is -0.542. The zero-order valence-electron chi connectivity index (χ0n) is 15.3. The second-order valence-corrected chi connectivity index (χ2v) is 6.99. The molecule has 1 N–H and O–H groups in total. The van der Waals surface area contributed by atoms with Crippen LogP contribution in [0.1, 0.15) is 42.7 Å². The molecule has 0 saturated heterocycles. The number of benzene rings is 1. The van der Waals surface area contributed by atoms with Gasteiger partial charge in [0, 0.05) is 12.8 Å². The molecule has 1 aliphatic rings. The first-order chi connectivity index (χ1) is 11.7. The number of allylic oxidation sites excluding steroid dienone is 2. The third-order valence-electron chi connectivity index (χ3n) is 4.30. The molecule has 0 spiro atoms. The molecule has 7 heteroatoms. The van der Waals surface area contributed by atoms with Gasteiger partial charge in [-0.05, 0) is 29.0 Å². The number of fused-ring (bicyclic) bond motifs is 1. The quantitative estimate of drug-likeness (QED) is 0.584. The van der Waals surface area contributed by atoms with Crippen molar-refractivity contribution in [3.05, 3.63) is 41.3 Å². The van der Waals surface area contributed by atoms with Crippen molar-refractivity contribution in [2.75, 3.05) is 7.11 Å². The molecular formula is C19H18NNaO5. The third-order valence-corrected chi connectivity index (χ3v) is 4.30. The van der Waals surface area contributed by atoms with Gasteiger partial charge in [0.25, 0.3) is 0 Å². The molecule has 0 amide bonds. The number of aliphatic hydroxyl groups is 1. The second kappa shape index (κ2) is 7.39. The largest absolute Gasteiger partial charge is 1.00 e. The van der Waals surface area contributed by atoms with Crippen molar-refractivity contribution in [3.63, 3.8) is 0 Å². The van der Waals surface area contributed by atoms with Crippen LogP contribution < -0.4 is 34.7 Å². The van der Waals surface area contributed by atoms with Crippen molar-refractivity contribution >= 4 is 28.2 Å². The monoisotopic (exact) mass is 363 g/mol. The smallest absolute Gasteiger partial charge is 0.872 e. The van der Waals surface area contributed by atoms with E-state index in [1.807, 2.05) is 13.8 Å². The summed E-state index contributed by atoms with van der Waals surface area (Å²) in [6, 6.07) is 5.69. The number of aliphatic hydroxyl groups excluding tert-OH is 1. The summed E-state index contributed by atoms with van der Waals surface area (Å²) in [7, 11) is 1.26. The maximum absolute atomic E-state index is 12.5. The topological polar surface area (TPSA) is 99.5 Å². The standard InChI is InChI=1S/C19H19NO5.Na/c1-19(2)8-15(22)17(16(23)9-19)13-7-14(21)11-5-4-10(18(24)25-3)6-12(11)20-13;/h4-7,22H,8-9H2,1-3H3,(H,20,21);/q;+1/p-1. The Kier molecular flexibility index (Phi) is 5.80. The third kappa shape index (κ3) is 3.77. The maximum Gasteiger partial charge on any atom is 1.00 e. The number of hydrogen-bond acceptors (Lipinski definition) is 6. The molecule has 2 aromatic rings. The number of esters is 1. The number of Topliss-reactive ketones (excluding diaryl/α,β-unsaturated/α-hetero) is 1. The summed E-state index contributed by atoms with van der Waals surface area (Å²) >= 11 is 0. The van der Waals surface area contributed by atoms with Crippen molar-refractivity contribution < 1.29 is 54.1 Å². The number of aromatic nitrogens is 1. The van der Waals surface area contributed by atoms with Crippen LogP contribution in [-0.2, 0) is 9.53 Å². The Balaban J connectivity index is 0.00000243. The van der Waals surface area contributed by atoms with E-state index in [2.05, 4.69) is 9.72 Å². The van der Waals surface area contributed by atoms with Gasteiger partial charge < -0.3 is 14.9 Å². The predicted octanol–water partition coefficient (Wildman–Crippen LogP) is -0.243. The van der Waals surface area contributed by atoms with Crippen molar-refractivity contribution in [1.82, 2.24) is 4.98 Å². The van der Waals surface area contributed by atoms with Crippen LogP contribution in [-0.4, -0.2) is 29.0 Å². The normalized spacial score (nSPS) is 16.3. The number of hydrogen-bond donors (Lipinski definition) is 1. The van der Waals surface area contributed by atoms with Gasteiger partial charge in [0.05, 0.1) is 29.5 Å². The molecular weight excluding hydrogens is 345 g/mol.